The quantitative estimate of drug-likeness (QED) is 0.456. The minimum atomic E-state index is -0.868. The minimum absolute atomic E-state index is 0.141. The summed E-state index contributed by atoms with van der Waals surface area (Å²) in [7, 11) is 0. The van der Waals surface area contributed by atoms with Gasteiger partial charge >= 0.3 is 0 Å². The molecule has 0 radical (unpaired) electrons. The van der Waals surface area contributed by atoms with Crippen molar-refractivity contribution in [2.45, 2.75) is 13.0 Å². The molecule has 5 N–H and O–H groups in total. The average Bonchev–Trinajstić information content (AvgIpc) is 2.42. The molecule has 0 aliphatic carbocycles. The van der Waals surface area contributed by atoms with Crippen LogP contribution in [0.15, 0.2) is 34.8 Å². The monoisotopic (exact) mass is 341 g/mol. The SMILES string of the molecule is Cc1ccc(F)c(C(NN)c2cc(Br)ccc2N)c1F. The van der Waals surface area contributed by atoms with Crippen LogP contribution in [0.25, 0.3) is 0 Å². The summed E-state index contributed by atoms with van der Waals surface area (Å²) in [5, 5.41) is 0. The molecule has 6 heteroatoms. The van der Waals surface area contributed by atoms with Crippen molar-refractivity contribution in [3.63, 3.8) is 0 Å². The summed E-state index contributed by atoms with van der Waals surface area (Å²) < 4.78 is 29.0. The molecule has 0 aliphatic rings. The van der Waals surface area contributed by atoms with Gasteiger partial charge in [-0.2, -0.15) is 0 Å². The summed E-state index contributed by atoms with van der Waals surface area (Å²) in [6.07, 6.45) is 0. The molecule has 2 rings (SSSR count). The van der Waals surface area contributed by atoms with E-state index in [1.807, 2.05) is 0 Å². The lowest BCUT2D eigenvalue weighted by Crippen LogP contribution is -2.31. The highest BCUT2D eigenvalue weighted by Gasteiger charge is 2.24. The standard InChI is InChI=1S/C14H14BrF2N3/c1-7-2-4-10(16)12(13(7)17)14(20-19)9-6-8(15)3-5-11(9)18/h2-6,14,20H,18-19H2,1H3. The molecule has 106 valence electrons. The van der Waals surface area contributed by atoms with Gasteiger partial charge in [-0.25, -0.2) is 14.2 Å². The molecule has 0 spiro atoms. The fourth-order valence-electron chi connectivity index (χ4n) is 2.07. The number of hydrazine groups is 1. The number of nitrogens with one attached hydrogen (secondary N) is 1. The summed E-state index contributed by atoms with van der Waals surface area (Å²) in [6.45, 7) is 1.57. The summed E-state index contributed by atoms with van der Waals surface area (Å²) in [6, 6.07) is 6.80. The second-order valence-corrected chi connectivity index (χ2v) is 5.38. The van der Waals surface area contributed by atoms with E-state index in [0.717, 1.165) is 4.47 Å². The van der Waals surface area contributed by atoms with Gasteiger partial charge < -0.3 is 5.73 Å². The predicted molar refractivity (Wildman–Crippen MR) is 78.8 cm³/mol. The number of benzene rings is 2. The molecule has 0 aliphatic heterocycles. The Hall–Kier alpha value is -1.50. The van der Waals surface area contributed by atoms with E-state index in [1.165, 1.54) is 12.1 Å². The molecule has 1 atom stereocenters. The number of anilines is 1. The van der Waals surface area contributed by atoms with Crippen LogP contribution in [0.3, 0.4) is 0 Å². The Balaban J connectivity index is 2.64. The van der Waals surface area contributed by atoms with Crippen LogP contribution in [0.1, 0.15) is 22.7 Å². The molecule has 0 fully saturated rings. The first-order chi connectivity index (χ1) is 9.45. The molecule has 0 heterocycles. The van der Waals surface area contributed by atoms with Crippen molar-refractivity contribution in [3.8, 4) is 0 Å². The predicted octanol–water partition coefficient (Wildman–Crippen LogP) is 3.17. The lowest BCUT2D eigenvalue weighted by atomic mass is 9.95. The van der Waals surface area contributed by atoms with E-state index in [4.69, 9.17) is 11.6 Å². The van der Waals surface area contributed by atoms with Gasteiger partial charge in [0.1, 0.15) is 11.6 Å². The number of halogens is 3. The van der Waals surface area contributed by atoms with Gasteiger partial charge in [0.2, 0.25) is 0 Å². The largest absolute Gasteiger partial charge is 0.398 e. The topological polar surface area (TPSA) is 64.1 Å². The Labute approximate surface area is 124 Å². The number of rotatable bonds is 3. The molecule has 0 aromatic heterocycles. The van der Waals surface area contributed by atoms with Crippen LogP contribution in [0.2, 0.25) is 0 Å². The van der Waals surface area contributed by atoms with Crippen molar-refractivity contribution in [1.82, 2.24) is 5.43 Å². The zero-order valence-corrected chi connectivity index (χ0v) is 12.3. The molecule has 20 heavy (non-hydrogen) atoms. The first kappa shape index (κ1) is 14.9. The highest BCUT2D eigenvalue weighted by Crippen LogP contribution is 2.32. The van der Waals surface area contributed by atoms with Crippen molar-refractivity contribution < 1.29 is 8.78 Å². The zero-order chi connectivity index (χ0) is 14.9. The normalized spacial score (nSPS) is 12.4. The van der Waals surface area contributed by atoms with E-state index in [0.29, 0.717) is 16.8 Å². The van der Waals surface area contributed by atoms with Crippen LogP contribution in [-0.2, 0) is 0 Å². The van der Waals surface area contributed by atoms with Crippen LogP contribution in [0, 0.1) is 18.6 Å². The van der Waals surface area contributed by atoms with Gasteiger partial charge in [-0.15, -0.1) is 0 Å². The number of nitrogens with two attached hydrogens (primary N) is 2. The maximum atomic E-state index is 14.2. The summed E-state index contributed by atoms with van der Waals surface area (Å²) >= 11 is 3.31. The van der Waals surface area contributed by atoms with Crippen LogP contribution in [0.5, 0.6) is 0 Å². The van der Waals surface area contributed by atoms with Crippen molar-refractivity contribution in [1.29, 1.82) is 0 Å². The minimum Gasteiger partial charge on any atom is -0.398 e. The third kappa shape index (κ3) is 2.67. The van der Waals surface area contributed by atoms with Crippen LogP contribution >= 0.6 is 15.9 Å². The van der Waals surface area contributed by atoms with E-state index < -0.39 is 17.7 Å². The molecule has 0 saturated heterocycles. The Morgan fingerprint density at radius 1 is 1.20 bits per heavy atom. The molecule has 0 bridgehead atoms. The van der Waals surface area contributed by atoms with Crippen LogP contribution < -0.4 is 17.0 Å². The Kier molecular flexibility index (Phi) is 4.37. The first-order valence-electron chi connectivity index (χ1n) is 5.91. The lowest BCUT2D eigenvalue weighted by molar-refractivity contribution is 0.507. The maximum Gasteiger partial charge on any atom is 0.134 e. The first-order valence-corrected chi connectivity index (χ1v) is 6.70. The lowest BCUT2D eigenvalue weighted by Gasteiger charge is -2.21. The van der Waals surface area contributed by atoms with Crippen LogP contribution in [0.4, 0.5) is 14.5 Å². The fraction of sp³-hybridized carbons (Fsp3) is 0.143. The van der Waals surface area contributed by atoms with Crippen molar-refractivity contribution >= 4 is 21.6 Å². The molecular weight excluding hydrogens is 328 g/mol. The molecule has 2 aromatic carbocycles. The molecule has 0 amide bonds. The van der Waals surface area contributed by atoms with Crippen LogP contribution in [-0.4, -0.2) is 0 Å². The third-order valence-electron chi connectivity index (χ3n) is 3.13. The smallest absolute Gasteiger partial charge is 0.134 e. The highest BCUT2D eigenvalue weighted by atomic mass is 79.9. The van der Waals surface area contributed by atoms with Gasteiger partial charge in [-0.1, -0.05) is 22.0 Å². The Morgan fingerprint density at radius 2 is 1.90 bits per heavy atom. The number of hydrogen-bond donors (Lipinski definition) is 3. The van der Waals surface area contributed by atoms with E-state index in [2.05, 4.69) is 21.4 Å². The second-order valence-electron chi connectivity index (χ2n) is 4.46. The number of nitrogen functional groups attached to an aromatic ring is 1. The molecule has 0 saturated carbocycles. The van der Waals surface area contributed by atoms with E-state index in [9.17, 15) is 8.78 Å². The maximum absolute atomic E-state index is 14.2. The molecule has 3 nitrogen and oxygen atoms in total. The average molecular weight is 342 g/mol. The van der Waals surface area contributed by atoms with Gasteiger partial charge in [0, 0.05) is 15.7 Å². The van der Waals surface area contributed by atoms with Gasteiger partial charge in [0.25, 0.3) is 0 Å². The Bertz CT molecular complexity index is 647. The molecule has 2 aromatic rings. The third-order valence-corrected chi connectivity index (χ3v) is 3.63. The fourth-order valence-corrected chi connectivity index (χ4v) is 2.45. The molecular formula is C14H14BrF2N3. The summed E-state index contributed by atoms with van der Waals surface area (Å²) in [5.74, 6) is 4.19. The second kappa shape index (κ2) is 5.87. The van der Waals surface area contributed by atoms with Gasteiger partial charge in [0.15, 0.2) is 0 Å². The van der Waals surface area contributed by atoms with E-state index >= 15 is 0 Å². The van der Waals surface area contributed by atoms with Gasteiger partial charge in [0.05, 0.1) is 6.04 Å². The number of hydrogen-bond acceptors (Lipinski definition) is 3. The summed E-state index contributed by atoms with van der Waals surface area (Å²) in [5.41, 5.74) is 9.42. The van der Waals surface area contributed by atoms with Crippen molar-refractivity contribution in [3.05, 3.63) is 63.1 Å². The summed E-state index contributed by atoms with van der Waals surface area (Å²) in [4.78, 5) is 0. The van der Waals surface area contributed by atoms with Crippen molar-refractivity contribution in [2.75, 3.05) is 5.73 Å². The van der Waals surface area contributed by atoms with E-state index in [1.54, 1.807) is 25.1 Å². The highest BCUT2D eigenvalue weighted by molar-refractivity contribution is 9.10. The van der Waals surface area contributed by atoms with E-state index in [-0.39, 0.29) is 5.56 Å². The van der Waals surface area contributed by atoms with Crippen molar-refractivity contribution in [2.24, 2.45) is 5.84 Å². The number of aryl methyl sites for hydroxylation is 1. The molecule has 1 unspecified atom stereocenters. The van der Waals surface area contributed by atoms with Gasteiger partial charge in [-0.05, 0) is 42.3 Å². The van der Waals surface area contributed by atoms with Gasteiger partial charge in [-0.3, -0.25) is 5.84 Å². The zero-order valence-electron chi connectivity index (χ0n) is 10.8. The Morgan fingerprint density at radius 3 is 2.55 bits per heavy atom.